The number of carbonyl (C=O) groups excluding carboxylic acids is 1. The van der Waals surface area contributed by atoms with Gasteiger partial charge in [0, 0.05) is 17.6 Å². The predicted molar refractivity (Wildman–Crippen MR) is 67.7 cm³/mol. The smallest absolute Gasteiger partial charge is 0.334 e. The van der Waals surface area contributed by atoms with Gasteiger partial charge in [0.15, 0.2) is 0 Å². The maximum atomic E-state index is 11.7. The van der Waals surface area contributed by atoms with E-state index in [0.717, 1.165) is 24.0 Å². The molecule has 3 aliphatic rings. The molecule has 3 nitrogen and oxygen atoms in total. The van der Waals surface area contributed by atoms with Crippen LogP contribution >= 0.6 is 0 Å². The highest BCUT2D eigenvalue weighted by atomic mass is 16.5. The van der Waals surface area contributed by atoms with Crippen LogP contribution in [-0.4, -0.2) is 23.8 Å². The van der Waals surface area contributed by atoms with Crippen molar-refractivity contribution in [2.45, 2.75) is 39.2 Å². The highest BCUT2D eigenvalue weighted by molar-refractivity contribution is 5.92. The molecule has 0 radical (unpaired) electrons. The standard InChI is InChI=1S/C15H20O3/c1-8-4-9-12(7-18-14(9)17)13(16)11-6-15(2,3)5-10(8)11/h10-11,13,16H,1,4-7H2,2-3H3. The predicted octanol–water partition coefficient (Wildman–Crippen LogP) is 2.21. The Labute approximate surface area is 108 Å². The van der Waals surface area contributed by atoms with Crippen LogP contribution in [0.1, 0.15) is 33.1 Å². The third kappa shape index (κ3) is 1.64. The van der Waals surface area contributed by atoms with Gasteiger partial charge in [0.2, 0.25) is 0 Å². The van der Waals surface area contributed by atoms with Gasteiger partial charge in [-0.1, -0.05) is 26.0 Å². The van der Waals surface area contributed by atoms with E-state index in [1.54, 1.807) is 0 Å². The number of aliphatic hydroxyl groups excluding tert-OH is 1. The molecule has 0 aromatic rings. The first-order chi connectivity index (χ1) is 8.39. The average molecular weight is 248 g/mol. The van der Waals surface area contributed by atoms with Crippen molar-refractivity contribution in [1.29, 1.82) is 0 Å². The van der Waals surface area contributed by atoms with Crippen LogP contribution in [0.2, 0.25) is 0 Å². The summed E-state index contributed by atoms with van der Waals surface area (Å²) in [5.74, 6) is 0.285. The molecule has 3 rings (SSSR count). The number of aliphatic hydroxyl groups is 1. The lowest BCUT2D eigenvalue weighted by atomic mass is 9.85. The minimum atomic E-state index is -0.530. The second-order valence-electron chi connectivity index (χ2n) is 6.70. The van der Waals surface area contributed by atoms with Gasteiger partial charge in [0.05, 0.1) is 6.10 Å². The minimum Gasteiger partial charge on any atom is -0.458 e. The van der Waals surface area contributed by atoms with E-state index < -0.39 is 6.10 Å². The van der Waals surface area contributed by atoms with Crippen LogP contribution in [-0.2, 0) is 9.53 Å². The zero-order valence-corrected chi connectivity index (χ0v) is 11.0. The summed E-state index contributed by atoms with van der Waals surface area (Å²) in [6, 6.07) is 0. The van der Waals surface area contributed by atoms with Crippen LogP contribution < -0.4 is 0 Å². The molecule has 1 saturated carbocycles. The van der Waals surface area contributed by atoms with Crippen molar-refractivity contribution in [3.05, 3.63) is 23.3 Å². The molecule has 0 aromatic carbocycles. The maximum absolute atomic E-state index is 11.7. The number of hydrogen-bond acceptors (Lipinski definition) is 3. The second-order valence-corrected chi connectivity index (χ2v) is 6.70. The molecule has 0 spiro atoms. The van der Waals surface area contributed by atoms with Crippen molar-refractivity contribution < 1.29 is 14.6 Å². The van der Waals surface area contributed by atoms with Crippen molar-refractivity contribution >= 4 is 5.97 Å². The Morgan fingerprint density at radius 3 is 2.83 bits per heavy atom. The minimum absolute atomic E-state index is 0.203. The molecule has 98 valence electrons. The summed E-state index contributed by atoms with van der Waals surface area (Å²) in [5, 5.41) is 10.6. The van der Waals surface area contributed by atoms with Gasteiger partial charge >= 0.3 is 5.97 Å². The molecule has 3 unspecified atom stereocenters. The molecule has 1 aliphatic heterocycles. The molecule has 2 aliphatic carbocycles. The van der Waals surface area contributed by atoms with E-state index in [0.29, 0.717) is 17.9 Å². The fraction of sp³-hybridized carbons (Fsp3) is 0.667. The van der Waals surface area contributed by atoms with Crippen LogP contribution in [0.25, 0.3) is 0 Å². The molecule has 0 saturated heterocycles. The van der Waals surface area contributed by atoms with Crippen molar-refractivity contribution in [3.63, 3.8) is 0 Å². The number of fused-ring (bicyclic) bond motifs is 1. The number of cyclic esters (lactones) is 1. The zero-order chi connectivity index (χ0) is 13.1. The molecule has 0 aromatic heterocycles. The Balaban J connectivity index is 2.00. The van der Waals surface area contributed by atoms with E-state index in [4.69, 9.17) is 4.74 Å². The van der Waals surface area contributed by atoms with Gasteiger partial charge in [-0.15, -0.1) is 0 Å². The molecule has 0 bridgehead atoms. The van der Waals surface area contributed by atoms with Gasteiger partial charge in [-0.2, -0.15) is 0 Å². The summed E-state index contributed by atoms with van der Waals surface area (Å²) < 4.78 is 5.06. The van der Waals surface area contributed by atoms with E-state index in [9.17, 15) is 9.90 Å². The molecular weight excluding hydrogens is 228 g/mol. The first-order valence-electron chi connectivity index (χ1n) is 6.64. The van der Waals surface area contributed by atoms with Crippen molar-refractivity contribution in [2.75, 3.05) is 6.61 Å². The van der Waals surface area contributed by atoms with Crippen LogP contribution in [0, 0.1) is 17.3 Å². The Morgan fingerprint density at radius 1 is 1.39 bits per heavy atom. The molecular formula is C15H20O3. The maximum Gasteiger partial charge on any atom is 0.334 e. The summed E-state index contributed by atoms with van der Waals surface area (Å²) in [5.41, 5.74) is 2.82. The third-order valence-corrected chi connectivity index (χ3v) is 4.76. The van der Waals surface area contributed by atoms with Crippen molar-refractivity contribution in [3.8, 4) is 0 Å². The molecule has 1 heterocycles. The number of esters is 1. The van der Waals surface area contributed by atoms with E-state index in [1.807, 2.05) is 0 Å². The average Bonchev–Trinajstić information content (AvgIpc) is 2.77. The highest BCUT2D eigenvalue weighted by Crippen LogP contribution is 2.53. The Bertz CT molecular complexity index is 458. The van der Waals surface area contributed by atoms with E-state index in [1.165, 1.54) is 0 Å². The molecule has 3 heteroatoms. The van der Waals surface area contributed by atoms with E-state index >= 15 is 0 Å². The fourth-order valence-corrected chi connectivity index (χ4v) is 3.90. The van der Waals surface area contributed by atoms with Gasteiger partial charge in [-0.3, -0.25) is 0 Å². The van der Waals surface area contributed by atoms with Crippen molar-refractivity contribution in [1.82, 2.24) is 0 Å². The SMILES string of the molecule is C=C1CC2=C(COC2=O)C(O)C2CC(C)(C)CC12. The van der Waals surface area contributed by atoms with Gasteiger partial charge in [0.1, 0.15) is 6.61 Å². The number of allylic oxidation sites excluding steroid dienone is 1. The summed E-state index contributed by atoms with van der Waals surface area (Å²) in [4.78, 5) is 11.7. The monoisotopic (exact) mass is 248 g/mol. The highest BCUT2D eigenvalue weighted by Gasteiger charge is 2.48. The second kappa shape index (κ2) is 3.70. The summed E-state index contributed by atoms with van der Waals surface area (Å²) in [6.07, 6.45) is 2.10. The topological polar surface area (TPSA) is 46.5 Å². The van der Waals surface area contributed by atoms with Crippen LogP contribution in [0.3, 0.4) is 0 Å². The van der Waals surface area contributed by atoms with Crippen LogP contribution in [0.4, 0.5) is 0 Å². The Morgan fingerprint density at radius 2 is 2.11 bits per heavy atom. The van der Waals surface area contributed by atoms with Gasteiger partial charge in [0.25, 0.3) is 0 Å². The van der Waals surface area contributed by atoms with E-state index in [-0.39, 0.29) is 23.9 Å². The van der Waals surface area contributed by atoms with Crippen molar-refractivity contribution in [2.24, 2.45) is 17.3 Å². The summed E-state index contributed by atoms with van der Waals surface area (Å²) in [6.45, 7) is 8.92. The first-order valence-corrected chi connectivity index (χ1v) is 6.64. The number of hydrogen-bond donors (Lipinski definition) is 1. The molecule has 3 atom stereocenters. The van der Waals surface area contributed by atoms with Gasteiger partial charge in [-0.05, 0) is 30.1 Å². The first kappa shape index (κ1) is 12.0. The third-order valence-electron chi connectivity index (χ3n) is 4.76. The molecule has 18 heavy (non-hydrogen) atoms. The summed E-state index contributed by atoms with van der Waals surface area (Å²) >= 11 is 0. The number of carbonyl (C=O) groups is 1. The van der Waals surface area contributed by atoms with E-state index in [2.05, 4.69) is 20.4 Å². The number of rotatable bonds is 0. The largest absolute Gasteiger partial charge is 0.458 e. The van der Waals surface area contributed by atoms with Crippen LogP contribution in [0.15, 0.2) is 23.3 Å². The number of ether oxygens (including phenoxy) is 1. The zero-order valence-electron chi connectivity index (χ0n) is 11.0. The molecule has 1 N–H and O–H groups in total. The van der Waals surface area contributed by atoms with Crippen LogP contribution in [0.5, 0.6) is 0 Å². The normalized spacial score (nSPS) is 38.3. The van der Waals surface area contributed by atoms with Gasteiger partial charge < -0.3 is 9.84 Å². The quantitative estimate of drug-likeness (QED) is 0.528. The lowest BCUT2D eigenvalue weighted by Crippen LogP contribution is -2.26. The molecule has 0 amide bonds. The summed E-state index contributed by atoms with van der Waals surface area (Å²) in [7, 11) is 0. The Kier molecular flexibility index (Phi) is 2.46. The van der Waals surface area contributed by atoms with Gasteiger partial charge in [-0.25, -0.2) is 4.79 Å². The lowest BCUT2D eigenvalue weighted by molar-refractivity contribution is -0.136. The fourth-order valence-electron chi connectivity index (χ4n) is 3.90. The Hall–Kier alpha value is -1.09. The molecule has 1 fully saturated rings. The lowest BCUT2D eigenvalue weighted by Gasteiger charge is -2.24.